The maximum atomic E-state index is 10.5. The molecule has 0 fully saturated rings. The Balaban J connectivity index is -0.000000500. The van der Waals surface area contributed by atoms with Crippen LogP contribution in [0, 0.1) is 23.5 Å². The summed E-state index contributed by atoms with van der Waals surface area (Å²) in [4.78, 5) is 0. The first-order valence-corrected chi connectivity index (χ1v) is 3.91. The van der Waals surface area contributed by atoms with Gasteiger partial charge >= 0.3 is 51.4 Å². The van der Waals surface area contributed by atoms with Crippen molar-refractivity contribution in [3.63, 3.8) is 0 Å². The number of nitrogens with zero attached hydrogens (tertiary/aromatic N) is 1. The fourth-order valence-electron chi connectivity index (χ4n) is 1.40. The van der Waals surface area contributed by atoms with Crippen LogP contribution in [0.4, 0.5) is 0 Å². The van der Waals surface area contributed by atoms with Gasteiger partial charge in [-0.2, -0.15) is 0 Å². The van der Waals surface area contributed by atoms with Crippen LogP contribution < -0.4 is 51.4 Å². The SMILES string of the molecule is CC(C)(C)C(=N[O-])C(C)(C)C.[CH3-].[K+]. The Bertz CT molecular complexity index is 147. The fraction of sp³-hybridized carbons (Fsp3) is 0.800. The van der Waals surface area contributed by atoms with Crippen molar-refractivity contribution < 1.29 is 51.4 Å². The van der Waals surface area contributed by atoms with E-state index < -0.39 is 0 Å². The average Bonchev–Trinajstić information content (AvgIpc) is 1.56. The molecule has 0 aliphatic rings. The van der Waals surface area contributed by atoms with Gasteiger partial charge in [-0.25, -0.2) is 0 Å². The zero-order valence-corrected chi connectivity index (χ0v) is 13.5. The maximum absolute atomic E-state index is 10.5. The Labute approximate surface area is 126 Å². The standard InChI is InChI=1S/C9H19NO.CH3.K/c1-8(2,3)7(10-11)9(4,5)6;;/h11H,1-6H3;1H3;/q;-1;+1/p-1. The second-order valence-corrected chi connectivity index (χ2v) is 4.94. The van der Waals surface area contributed by atoms with E-state index in [1.165, 1.54) is 0 Å². The van der Waals surface area contributed by atoms with Crippen molar-refractivity contribution in [2.75, 3.05) is 0 Å². The molecule has 3 heteroatoms. The van der Waals surface area contributed by atoms with Crippen molar-refractivity contribution in [2.45, 2.75) is 41.5 Å². The predicted octanol–water partition coefficient (Wildman–Crippen LogP) is 0.472. The molecule has 2 nitrogen and oxygen atoms in total. The van der Waals surface area contributed by atoms with Gasteiger partial charge in [0.25, 0.3) is 0 Å². The molecule has 0 aromatic rings. The Morgan fingerprint density at radius 2 is 1.15 bits per heavy atom. The summed E-state index contributed by atoms with van der Waals surface area (Å²) in [6, 6.07) is 0. The summed E-state index contributed by atoms with van der Waals surface area (Å²) in [5.41, 5.74) is 0.505. The van der Waals surface area contributed by atoms with Crippen LogP contribution in [0.15, 0.2) is 5.16 Å². The van der Waals surface area contributed by atoms with Crippen LogP contribution in [0.1, 0.15) is 41.5 Å². The van der Waals surface area contributed by atoms with Gasteiger partial charge in [-0.15, -0.1) is 0 Å². The zero-order chi connectivity index (χ0) is 9.28. The fourth-order valence-corrected chi connectivity index (χ4v) is 1.40. The minimum absolute atomic E-state index is 0. The van der Waals surface area contributed by atoms with Gasteiger partial charge in [-0.3, -0.25) is 0 Å². The summed E-state index contributed by atoms with van der Waals surface area (Å²) in [7, 11) is 0. The van der Waals surface area contributed by atoms with Crippen molar-refractivity contribution in [3.05, 3.63) is 12.6 Å². The van der Waals surface area contributed by atoms with Gasteiger partial charge in [-0.05, 0) is 10.8 Å². The Kier molecular flexibility index (Phi) is 9.92. The second kappa shape index (κ2) is 6.56. The van der Waals surface area contributed by atoms with Crippen LogP contribution in [0.2, 0.25) is 0 Å². The summed E-state index contributed by atoms with van der Waals surface area (Å²) in [5, 5.41) is 13.6. The maximum Gasteiger partial charge on any atom is 1.00 e. The molecule has 0 saturated carbocycles. The smallest absolute Gasteiger partial charge is 0.792 e. The van der Waals surface area contributed by atoms with E-state index in [4.69, 9.17) is 0 Å². The third kappa shape index (κ3) is 7.08. The number of rotatable bonds is 0. The molecule has 0 aliphatic carbocycles. The van der Waals surface area contributed by atoms with Gasteiger partial charge in [0.1, 0.15) is 0 Å². The van der Waals surface area contributed by atoms with Crippen LogP contribution in [0.25, 0.3) is 0 Å². The molecule has 0 heterocycles. The van der Waals surface area contributed by atoms with Crippen molar-refractivity contribution in [1.82, 2.24) is 0 Å². The Morgan fingerprint density at radius 3 is 1.15 bits per heavy atom. The van der Waals surface area contributed by atoms with E-state index in [1.54, 1.807) is 0 Å². The van der Waals surface area contributed by atoms with Crippen LogP contribution in [0.5, 0.6) is 0 Å². The monoisotopic (exact) mass is 210 g/mol. The molecule has 0 unspecified atom stereocenters. The largest absolute Gasteiger partial charge is 1.00 e. The van der Waals surface area contributed by atoms with E-state index in [0.717, 1.165) is 5.71 Å². The molecule has 0 spiro atoms. The van der Waals surface area contributed by atoms with Gasteiger partial charge < -0.3 is 17.8 Å². The van der Waals surface area contributed by atoms with E-state index in [-0.39, 0.29) is 69.6 Å². The average molecular weight is 210 g/mol. The summed E-state index contributed by atoms with van der Waals surface area (Å²) < 4.78 is 0. The predicted molar refractivity (Wildman–Crippen MR) is 56.1 cm³/mol. The second-order valence-electron chi connectivity index (χ2n) is 4.94. The first-order chi connectivity index (χ1) is 4.69. The Morgan fingerprint density at radius 1 is 0.923 bits per heavy atom. The van der Waals surface area contributed by atoms with Gasteiger partial charge in [-0.1, -0.05) is 41.5 Å². The number of hydrogen-bond acceptors (Lipinski definition) is 2. The van der Waals surface area contributed by atoms with Gasteiger partial charge in [0.05, 0.1) is 0 Å². The van der Waals surface area contributed by atoms with Gasteiger partial charge in [0, 0.05) is 5.71 Å². The van der Waals surface area contributed by atoms with E-state index in [2.05, 4.69) is 5.16 Å². The summed E-state index contributed by atoms with van der Waals surface area (Å²) in [6.07, 6.45) is 0. The first-order valence-electron chi connectivity index (χ1n) is 3.91. The molecule has 0 aromatic heterocycles. The van der Waals surface area contributed by atoms with Crippen molar-refractivity contribution in [1.29, 1.82) is 0 Å². The quantitative estimate of drug-likeness (QED) is 0.248. The number of hydrogen-bond donors (Lipinski definition) is 0. The van der Waals surface area contributed by atoms with Crippen LogP contribution in [0.3, 0.4) is 0 Å². The summed E-state index contributed by atoms with van der Waals surface area (Å²) in [5.74, 6) is 0. The molecule has 74 valence electrons. The van der Waals surface area contributed by atoms with E-state index >= 15 is 0 Å². The van der Waals surface area contributed by atoms with Crippen molar-refractivity contribution in [3.8, 4) is 0 Å². The van der Waals surface area contributed by atoms with Gasteiger partial charge in [0.2, 0.25) is 0 Å². The Hall–Kier alpha value is 1.11. The van der Waals surface area contributed by atoms with Crippen LogP contribution in [-0.4, -0.2) is 5.71 Å². The van der Waals surface area contributed by atoms with Crippen LogP contribution in [-0.2, 0) is 0 Å². The normalized spacial score (nSPS) is 10.9. The molecule has 0 amide bonds. The molecule has 0 aliphatic heterocycles. The van der Waals surface area contributed by atoms with E-state index in [1.807, 2.05) is 41.5 Å². The molecular weight excluding hydrogens is 189 g/mol. The zero-order valence-electron chi connectivity index (χ0n) is 10.4. The minimum Gasteiger partial charge on any atom is -0.792 e. The molecule has 0 rings (SSSR count). The first kappa shape index (κ1) is 19.6. The topological polar surface area (TPSA) is 35.4 Å². The van der Waals surface area contributed by atoms with Crippen LogP contribution >= 0.6 is 0 Å². The molecule has 0 N–H and O–H groups in total. The molecule has 0 saturated heterocycles. The molecule has 0 aromatic carbocycles. The third-order valence-electron chi connectivity index (χ3n) is 1.51. The van der Waals surface area contributed by atoms with Crippen molar-refractivity contribution >= 4 is 5.71 Å². The van der Waals surface area contributed by atoms with Gasteiger partial charge in [0.15, 0.2) is 0 Å². The van der Waals surface area contributed by atoms with Crippen molar-refractivity contribution in [2.24, 2.45) is 16.0 Å². The van der Waals surface area contributed by atoms with E-state index in [9.17, 15) is 5.21 Å². The molecule has 13 heavy (non-hydrogen) atoms. The molecule has 0 atom stereocenters. The third-order valence-corrected chi connectivity index (χ3v) is 1.51. The molecular formula is C10H21KNO-. The van der Waals surface area contributed by atoms with E-state index in [0.29, 0.717) is 0 Å². The molecule has 0 bridgehead atoms. The summed E-state index contributed by atoms with van der Waals surface area (Å²) >= 11 is 0. The minimum atomic E-state index is -0.111. The molecule has 0 radical (unpaired) electrons. The summed E-state index contributed by atoms with van der Waals surface area (Å²) in [6.45, 7) is 12.1.